The van der Waals surface area contributed by atoms with Crippen molar-refractivity contribution >= 4 is 0 Å². The van der Waals surface area contributed by atoms with Gasteiger partial charge in [-0.1, -0.05) is 85.0 Å². The summed E-state index contributed by atoms with van der Waals surface area (Å²) in [6.45, 7) is 9.25. The molecule has 4 aliphatic rings. The molecule has 4 heteroatoms. The molecule has 44 heavy (non-hydrogen) atoms. The first kappa shape index (κ1) is 33.5. The molecule has 0 aromatic carbocycles. The number of hydrogen-bond donors (Lipinski definition) is 0. The van der Waals surface area contributed by atoms with Crippen LogP contribution in [0.2, 0.25) is 0 Å². The molecule has 4 nitrogen and oxygen atoms in total. The van der Waals surface area contributed by atoms with Crippen LogP contribution >= 0.6 is 0 Å². The molecule has 2 aromatic rings. The average Bonchev–Trinajstić information content (AvgIpc) is 3.06. The van der Waals surface area contributed by atoms with Gasteiger partial charge in [0.15, 0.2) is 0 Å². The fraction of sp³-hybridized carbons (Fsp3) is 0.800. The Bertz CT molecular complexity index is 1050. The van der Waals surface area contributed by atoms with Crippen molar-refractivity contribution < 1.29 is 0 Å². The average molecular weight is 601 g/mol. The van der Waals surface area contributed by atoms with E-state index in [9.17, 15) is 0 Å². The highest BCUT2D eigenvalue weighted by Crippen LogP contribution is 2.42. The van der Waals surface area contributed by atoms with Gasteiger partial charge < -0.3 is 0 Å². The van der Waals surface area contributed by atoms with Crippen molar-refractivity contribution in [2.45, 2.75) is 162 Å². The maximum Gasteiger partial charge on any atom is 0.131 e. The lowest BCUT2D eigenvalue weighted by atomic mass is 9.69. The summed E-state index contributed by atoms with van der Waals surface area (Å²) in [5, 5.41) is 0. The summed E-state index contributed by atoms with van der Waals surface area (Å²) in [6.07, 6.45) is 35.8. The molecule has 0 amide bonds. The molecule has 2 heterocycles. The monoisotopic (exact) mass is 601 g/mol. The minimum atomic E-state index is 0.616. The van der Waals surface area contributed by atoms with E-state index < -0.39 is 0 Å². The Morgan fingerprint density at radius 3 is 1.48 bits per heavy atom. The van der Waals surface area contributed by atoms with E-state index >= 15 is 0 Å². The van der Waals surface area contributed by atoms with Crippen LogP contribution in [0.15, 0.2) is 24.8 Å². The highest BCUT2D eigenvalue weighted by atomic mass is 14.9. The molecule has 0 unspecified atom stereocenters. The van der Waals surface area contributed by atoms with Crippen molar-refractivity contribution in [3.05, 3.63) is 47.6 Å². The highest BCUT2D eigenvalue weighted by molar-refractivity contribution is 5.08. The SMILES string of the molecule is CC1CCC(CCc2cnc(C3CCC(C)CC3)nc2)CC1.Cc1cnc(CCC2CCC(C3CCC(C)CC3)CC2)nc1. The zero-order valence-corrected chi connectivity index (χ0v) is 28.9. The molecule has 6 rings (SSSR count). The lowest BCUT2D eigenvalue weighted by Gasteiger charge is -2.37. The highest BCUT2D eigenvalue weighted by Gasteiger charge is 2.30. The van der Waals surface area contributed by atoms with Crippen LogP contribution in [0.1, 0.15) is 165 Å². The number of aryl methyl sites for hydroxylation is 3. The predicted octanol–water partition coefficient (Wildman–Crippen LogP) is 10.9. The van der Waals surface area contributed by atoms with Gasteiger partial charge >= 0.3 is 0 Å². The number of nitrogens with zero attached hydrogens (tertiary/aromatic N) is 4. The molecule has 0 spiro atoms. The molecule has 4 fully saturated rings. The van der Waals surface area contributed by atoms with Crippen molar-refractivity contribution in [1.82, 2.24) is 19.9 Å². The summed E-state index contributed by atoms with van der Waals surface area (Å²) in [7, 11) is 0. The maximum absolute atomic E-state index is 4.69. The van der Waals surface area contributed by atoms with Crippen LogP contribution in [0.3, 0.4) is 0 Å². The fourth-order valence-corrected chi connectivity index (χ4v) is 8.80. The van der Waals surface area contributed by atoms with Gasteiger partial charge in [0.2, 0.25) is 0 Å². The van der Waals surface area contributed by atoms with E-state index in [0.29, 0.717) is 5.92 Å². The minimum Gasteiger partial charge on any atom is -0.241 e. The molecule has 0 atom stereocenters. The second kappa shape index (κ2) is 17.2. The molecule has 244 valence electrons. The van der Waals surface area contributed by atoms with Crippen molar-refractivity contribution in [3.63, 3.8) is 0 Å². The number of hydrogen-bond acceptors (Lipinski definition) is 4. The molecular formula is C40H64N4. The first-order chi connectivity index (χ1) is 21.4. The van der Waals surface area contributed by atoms with Crippen LogP contribution in [0, 0.1) is 48.3 Å². The lowest BCUT2D eigenvalue weighted by Crippen LogP contribution is -2.25. The Labute approximate surface area is 270 Å². The van der Waals surface area contributed by atoms with Crippen molar-refractivity contribution in [2.75, 3.05) is 0 Å². The third-order valence-electron chi connectivity index (χ3n) is 12.3. The molecule has 0 bridgehead atoms. The normalized spacial score (nSPS) is 32.8. The second-order valence-electron chi connectivity index (χ2n) is 16.1. The van der Waals surface area contributed by atoms with Crippen LogP contribution in [0.25, 0.3) is 0 Å². The molecule has 0 aliphatic heterocycles. The van der Waals surface area contributed by atoms with Crippen molar-refractivity contribution in [2.24, 2.45) is 41.4 Å². The van der Waals surface area contributed by atoms with E-state index in [1.54, 1.807) is 0 Å². The molecule has 0 saturated heterocycles. The van der Waals surface area contributed by atoms with E-state index in [1.807, 2.05) is 12.4 Å². The summed E-state index contributed by atoms with van der Waals surface area (Å²) in [6, 6.07) is 0. The fourth-order valence-electron chi connectivity index (χ4n) is 8.80. The van der Waals surface area contributed by atoms with Crippen LogP contribution in [0.5, 0.6) is 0 Å². The minimum absolute atomic E-state index is 0.616. The van der Waals surface area contributed by atoms with Gasteiger partial charge in [0.1, 0.15) is 11.6 Å². The van der Waals surface area contributed by atoms with Crippen LogP contribution in [0.4, 0.5) is 0 Å². The maximum atomic E-state index is 4.69. The Balaban J connectivity index is 0.000000175. The summed E-state index contributed by atoms with van der Waals surface area (Å²) in [5.74, 6) is 9.55. The second-order valence-corrected chi connectivity index (χ2v) is 16.1. The van der Waals surface area contributed by atoms with Gasteiger partial charge in [-0.15, -0.1) is 0 Å². The topological polar surface area (TPSA) is 51.6 Å². The van der Waals surface area contributed by atoms with Gasteiger partial charge in [0.05, 0.1) is 0 Å². The summed E-state index contributed by atoms with van der Waals surface area (Å²) in [4.78, 5) is 18.3. The molecule has 0 radical (unpaired) electrons. The first-order valence-corrected chi connectivity index (χ1v) is 19.0. The first-order valence-electron chi connectivity index (χ1n) is 19.0. The molecular weight excluding hydrogens is 536 g/mol. The van der Waals surface area contributed by atoms with E-state index in [2.05, 4.69) is 50.1 Å². The van der Waals surface area contributed by atoms with Gasteiger partial charge in [-0.2, -0.15) is 0 Å². The zero-order valence-electron chi connectivity index (χ0n) is 28.9. The third kappa shape index (κ3) is 10.6. The van der Waals surface area contributed by atoms with Gasteiger partial charge in [0.25, 0.3) is 0 Å². The van der Waals surface area contributed by atoms with Crippen LogP contribution in [-0.4, -0.2) is 19.9 Å². The summed E-state index contributed by atoms with van der Waals surface area (Å²) >= 11 is 0. The van der Waals surface area contributed by atoms with E-state index in [1.165, 1.54) is 128 Å². The summed E-state index contributed by atoms with van der Waals surface area (Å²) in [5.41, 5.74) is 2.50. The summed E-state index contributed by atoms with van der Waals surface area (Å²) < 4.78 is 0. The van der Waals surface area contributed by atoms with Crippen molar-refractivity contribution in [1.29, 1.82) is 0 Å². The van der Waals surface area contributed by atoms with E-state index in [0.717, 1.165) is 65.1 Å². The quantitative estimate of drug-likeness (QED) is 0.302. The van der Waals surface area contributed by atoms with Crippen LogP contribution < -0.4 is 0 Å². The number of aromatic nitrogens is 4. The van der Waals surface area contributed by atoms with Crippen molar-refractivity contribution in [3.8, 4) is 0 Å². The Kier molecular flexibility index (Phi) is 13.1. The van der Waals surface area contributed by atoms with Gasteiger partial charge in [-0.3, -0.25) is 0 Å². The van der Waals surface area contributed by atoms with E-state index in [4.69, 9.17) is 9.97 Å². The largest absolute Gasteiger partial charge is 0.241 e. The zero-order chi connectivity index (χ0) is 30.7. The molecule has 2 aromatic heterocycles. The Morgan fingerprint density at radius 2 is 0.932 bits per heavy atom. The van der Waals surface area contributed by atoms with E-state index in [-0.39, 0.29) is 0 Å². The standard InChI is InChI=1S/2C20H32N2/c1-15-3-8-18(9-4-15)19-10-5-17(6-11-19)7-12-20-21-13-16(2)14-22-20;1-15-3-7-17(8-4-15)9-10-18-13-21-20(22-14-18)19-11-5-16(2)6-12-19/h13-15,17-19H,3-12H2,1-2H3;13-17,19H,3-12H2,1-2H3. The number of rotatable bonds is 8. The third-order valence-corrected chi connectivity index (χ3v) is 12.3. The molecule has 4 aliphatic carbocycles. The Morgan fingerprint density at radius 1 is 0.500 bits per heavy atom. The smallest absolute Gasteiger partial charge is 0.131 e. The predicted molar refractivity (Wildman–Crippen MR) is 184 cm³/mol. The van der Waals surface area contributed by atoms with Gasteiger partial charge in [-0.05, 0) is 117 Å². The lowest BCUT2D eigenvalue weighted by molar-refractivity contribution is 0.147. The Hall–Kier alpha value is -1.84. The molecule has 4 saturated carbocycles. The molecule has 0 N–H and O–H groups in total. The van der Waals surface area contributed by atoms with Gasteiger partial charge in [0, 0.05) is 37.1 Å². The van der Waals surface area contributed by atoms with Gasteiger partial charge in [-0.25, -0.2) is 19.9 Å². The van der Waals surface area contributed by atoms with Crippen LogP contribution in [-0.2, 0) is 12.8 Å².